The quantitative estimate of drug-likeness (QED) is 0.905. The van der Waals surface area contributed by atoms with Gasteiger partial charge in [0.2, 0.25) is 5.91 Å². The Balaban J connectivity index is 1.56. The van der Waals surface area contributed by atoms with E-state index >= 15 is 0 Å². The lowest BCUT2D eigenvalue weighted by atomic mass is 9.96. The van der Waals surface area contributed by atoms with Gasteiger partial charge in [-0.05, 0) is 35.7 Å². The Kier molecular flexibility index (Phi) is 4.84. The predicted molar refractivity (Wildman–Crippen MR) is 88.6 cm³/mol. The molecule has 0 radical (unpaired) electrons. The van der Waals surface area contributed by atoms with E-state index in [0.29, 0.717) is 23.6 Å². The number of fused-ring (bicyclic) bond motifs is 1. The molecule has 0 aliphatic carbocycles. The van der Waals surface area contributed by atoms with Crippen LogP contribution in [0.2, 0.25) is 5.02 Å². The minimum Gasteiger partial charge on any atom is -0.492 e. The van der Waals surface area contributed by atoms with Gasteiger partial charge in [0.1, 0.15) is 12.4 Å². The Morgan fingerprint density at radius 1 is 1.30 bits per heavy atom. The molecule has 2 aromatic carbocycles. The highest BCUT2D eigenvalue weighted by Gasteiger charge is 2.26. The summed E-state index contributed by atoms with van der Waals surface area (Å²) in [6.45, 7) is 0.507. The molecule has 0 spiro atoms. The number of nitrogens with one attached hydrogen (secondary N) is 1. The molecule has 2 aromatic rings. The van der Waals surface area contributed by atoms with Gasteiger partial charge in [-0.25, -0.2) is 0 Å². The maximum atomic E-state index is 12.3. The number of amides is 1. The van der Waals surface area contributed by atoms with Crippen molar-refractivity contribution >= 4 is 17.5 Å². The maximum Gasteiger partial charge on any atom is 0.226 e. The van der Waals surface area contributed by atoms with Gasteiger partial charge in [-0.3, -0.25) is 4.79 Å². The molecule has 5 heteroatoms. The summed E-state index contributed by atoms with van der Waals surface area (Å²) in [6.07, 6.45) is -0.135. The molecule has 120 valence electrons. The topological polar surface area (TPSA) is 58.6 Å². The first-order valence-corrected chi connectivity index (χ1v) is 7.93. The van der Waals surface area contributed by atoms with Crippen LogP contribution in [0.15, 0.2) is 48.5 Å². The molecule has 4 nitrogen and oxygen atoms in total. The van der Waals surface area contributed by atoms with E-state index in [0.717, 1.165) is 11.3 Å². The van der Waals surface area contributed by atoms with Crippen LogP contribution < -0.4 is 10.1 Å². The molecule has 23 heavy (non-hydrogen) atoms. The van der Waals surface area contributed by atoms with E-state index in [2.05, 4.69) is 5.32 Å². The molecule has 1 aliphatic heterocycles. The highest BCUT2D eigenvalue weighted by Crippen LogP contribution is 2.27. The van der Waals surface area contributed by atoms with Gasteiger partial charge in [0.15, 0.2) is 0 Å². The van der Waals surface area contributed by atoms with Gasteiger partial charge in [-0.15, -0.1) is 0 Å². The first-order chi connectivity index (χ1) is 11.1. The minimum absolute atomic E-state index is 0.111. The van der Waals surface area contributed by atoms with Crippen LogP contribution in [0.3, 0.4) is 0 Å². The van der Waals surface area contributed by atoms with E-state index < -0.39 is 6.10 Å². The molecule has 0 saturated heterocycles. The number of carbonyl (C=O) groups excluding carboxylic acids is 1. The van der Waals surface area contributed by atoms with Crippen molar-refractivity contribution in [2.24, 2.45) is 5.92 Å². The predicted octanol–water partition coefficient (Wildman–Crippen LogP) is 2.74. The molecule has 1 amide bonds. The molecule has 0 bridgehead atoms. The van der Waals surface area contributed by atoms with Crippen LogP contribution >= 0.6 is 11.6 Å². The van der Waals surface area contributed by atoms with Crippen molar-refractivity contribution in [2.45, 2.75) is 12.5 Å². The Hall–Kier alpha value is -2.04. The average molecular weight is 332 g/mol. The summed E-state index contributed by atoms with van der Waals surface area (Å²) in [6, 6.07) is 14.7. The molecular weight excluding hydrogens is 314 g/mol. The third-order valence-electron chi connectivity index (χ3n) is 3.95. The third kappa shape index (κ3) is 3.84. The van der Waals surface area contributed by atoms with Crippen LogP contribution in [-0.2, 0) is 11.2 Å². The number of carbonyl (C=O) groups is 1. The summed E-state index contributed by atoms with van der Waals surface area (Å²) >= 11 is 5.91. The van der Waals surface area contributed by atoms with E-state index in [4.69, 9.17) is 16.3 Å². The molecule has 0 saturated carbocycles. The van der Waals surface area contributed by atoms with Gasteiger partial charge in [-0.1, -0.05) is 41.9 Å². The number of hydrogen-bond acceptors (Lipinski definition) is 3. The lowest BCUT2D eigenvalue weighted by Gasteiger charge is -2.25. The summed E-state index contributed by atoms with van der Waals surface area (Å²) in [5, 5.41) is 13.5. The molecule has 0 fully saturated rings. The summed E-state index contributed by atoms with van der Waals surface area (Å²) in [5.74, 6) is 0.493. The van der Waals surface area contributed by atoms with Gasteiger partial charge in [-0.2, -0.15) is 0 Å². The Morgan fingerprint density at radius 3 is 2.96 bits per heavy atom. The molecule has 2 N–H and O–H groups in total. The number of halogens is 1. The van der Waals surface area contributed by atoms with E-state index in [1.165, 1.54) is 0 Å². The largest absolute Gasteiger partial charge is 0.492 e. The van der Waals surface area contributed by atoms with Crippen molar-refractivity contribution < 1.29 is 14.6 Å². The van der Waals surface area contributed by atoms with Crippen LogP contribution in [0, 0.1) is 5.92 Å². The smallest absolute Gasteiger partial charge is 0.226 e. The van der Waals surface area contributed by atoms with Crippen molar-refractivity contribution in [3.63, 3.8) is 0 Å². The summed E-state index contributed by atoms with van der Waals surface area (Å²) in [5.41, 5.74) is 1.72. The Labute approximate surface area is 140 Å². The minimum atomic E-state index is -0.783. The number of aliphatic hydroxyl groups excluding tert-OH is 1. The van der Waals surface area contributed by atoms with Crippen molar-refractivity contribution in [1.82, 2.24) is 5.32 Å². The first-order valence-electron chi connectivity index (χ1n) is 7.55. The summed E-state index contributed by atoms with van der Waals surface area (Å²) < 4.78 is 5.62. The zero-order valence-corrected chi connectivity index (χ0v) is 13.3. The second-order valence-corrected chi connectivity index (χ2v) is 6.07. The van der Waals surface area contributed by atoms with Crippen LogP contribution in [0.5, 0.6) is 5.75 Å². The van der Waals surface area contributed by atoms with Gasteiger partial charge in [0, 0.05) is 11.6 Å². The summed E-state index contributed by atoms with van der Waals surface area (Å²) in [4.78, 5) is 12.3. The molecular formula is C18H18ClNO3. The number of rotatable bonds is 4. The van der Waals surface area contributed by atoms with Crippen LogP contribution in [0.4, 0.5) is 0 Å². The fourth-order valence-electron chi connectivity index (χ4n) is 2.67. The van der Waals surface area contributed by atoms with Crippen molar-refractivity contribution in [3.05, 3.63) is 64.7 Å². The SMILES string of the molecule is O=C(NCC(O)c1cccc(Cl)c1)C1COc2ccccc2C1. The number of para-hydroxylation sites is 1. The highest BCUT2D eigenvalue weighted by atomic mass is 35.5. The molecule has 1 heterocycles. The fraction of sp³-hybridized carbons (Fsp3) is 0.278. The zero-order valence-electron chi connectivity index (χ0n) is 12.5. The molecule has 0 aromatic heterocycles. The Bertz CT molecular complexity index is 704. The summed E-state index contributed by atoms with van der Waals surface area (Å²) in [7, 11) is 0. The average Bonchev–Trinajstić information content (AvgIpc) is 2.59. The van der Waals surface area contributed by atoms with E-state index in [9.17, 15) is 9.90 Å². The maximum absolute atomic E-state index is 12.3. The lowest BCUT2D eigenvalue weighted by Crippen LogP contribution is -2.39. The van der Waals surface area contributed by atoms with Gasteiger partial charge in [0.05, 0.1) is 12.0 Å². The van der Waals surface area contributed by atoms with Gasteiger partial charge < -0.3 is 15.2 Å². The molecule has 3 rings (SSSR count). The van der Waals surface area contributed by atoms with Crippen molar-refractivity contribution in [1.29, 1.82) is 0 Å². The lowest BCUT2D eigenvalue weighted by molar-refractivity contribution is -0.126. The number of aliphatic hydroxyl groups is 1. The normalized spacial score (nSPS) is 17.7. The number of benzene rings is 2. The van der Waals surface area contributed by atoms with E-state index in [1.54, 1.807) is 24.3 Å². The van der Waals surface area contributed by atoms with Crippen LogP contribution in [0.1, 0.15) is 17.2 Å². The van der Waals surface area contributed by atoms with Gasteiger partial charge in [0.25, 0.3) is 0 Å². The molecule has 2 atom stereocenters. The Morgan fingerprint density at radius 2 is 2.13 bits per heavy atom. The second kappa shape index (κ2) is 7.02. The standard InChI is InChI=1S/C18H18ClNO3/c19-15-6-3-5-12(9-15)16(21)10-20-18(22)14-8-13-4-1-2-7-17(13)23-11-14/h1-7,9,14,16,21H,8,10-11H2,(H,20,22). The third-order valence-corrected chi connectivity index (χ3v) is 4.19. The highest BCUT2D eigenvalue weighted by molar-refractivity contribution is 6.30. The first kappa shape index (κ1) is 15.8. The van der Waals surface area contributed by atoms with Crippen molar-refractivity contribution in [2.75, 3.05) is 13.2 Å². The van der Waals surface area contributed by atoms with Crippen LogP contribution in [0.25, 0.3) is 0 Å². The monoisotopic (exact) mass is 331 g/mol. The zero-order chi connectivity index (χ0) is 16.2. The number of ether oxygens (including phenoxy) is 1. The second-order valence-electron chi connectivity index (χ2n) is 5.64. The molecule has 1 aliphatic rings. The van der Waals surface area contributed by atoms with Crippen LogP contribution in [-0.4, -0.2) is 24.2 Å². The van der Waals surface area contributed by atoms with Gasteiger partial charge >= 0.3 is 0 Å². The van der Waals surface area contributed by atoms with Crippen molar-refractivity contribution in [3.8, 4) is 5.75 Å². The number of hydrogen-bond donors (Lipinski definition) is 2. The van der Waals surface area contributed by atoms with E-state index in [-0.39, 0.29) is 18.4 Å². The fourth-order valence-corrected chi connectivity index (χ4v) is 2.87. The molecule has 2 unspecified atom stereocenters. The van der Waals surface area contributed by atoms with E-state index in [1.807, 2.05) is 24.3 Å².